The Morgan fingerprint density at radius 3 is 2.22 bits per heavy atom. The van der Waals surface area contributed by atoms with Gasteiger partial charge in [-0.25, -0.2) is 0 Å². The Hall–Kier alpha value is -2.25. The molecule has 0 nitrogen and oxygen atoms in total. The van der Waals surface area contributed by atoms with E-state index >= 15 is 0 Å². The Bertz CT molecular complexity index is 721. The van der Waals surface area contributed by atoms with Crippen LogP contribution in [0.4, 0.5) is 0 Å². The number of thioether (sulfide) groups is 1. The van der Waals surface area contributed by atoms with E-state index in [-0.39, 0.29) is 0 Å². The van der Waals surface area contributed by atoms with E-state index in [1.807, 2.05) is 17.8 Å². The molecule has 0 saturated carbocycles. The van der Waals surface area contributed by atoms with Crippen molar-refractivity contribution in [2.45, 2.75) is 16.6 Å². The highest BCUT2D eigenvalue weighted by molar-refractivity contribution is 8.00. The molecular formula is C22H20S. The molecule has 23 heavy (non-hydrogen) atoms. The maximum absolute atomic E-state index is 2.31. The Labute approximate surface area is 142 Å². The van der Waals surface area contributed by atoms with Gasteiger partial charge in [0.1, 0.15) is 0 Å². The average molecular weight is 316 g/mol. The van der Waals surface area contributed by atoms with Crippen molar-refractivity contribution in [1.82, 2.24) is 0 Å². The van der Waals surface area contributed by atoms with Gasteiger partial charge in [-0.3, -0.25) is 0 Å². The molecule has 1 unspecified atom stereocenters. The van der Waals surface area contributed by atoms with Gasteiger partial charge in [0.25, 0.3) is 0 Å². The van der Waals surface area contributed by atoms with E-state index in [9.17, 15) is 0 Å². The van der Waals surface area contributed by atoms with Crippen molar-refractivity contribution < 1.29 is 0 Å². The van der Waals surface area contributed by atoms with E-state index in [0.29, 0.717) is 5.25 Å². The fraction of sp³-hybridized carbons (Fsp3) is 0.0909. The highest BCUT2D eigenvalue weighted by atomic mass is 32.2. The molecule has 2 aromatic rings. The average Bonchev–Trinajstić information content (AvgIpc) is 2.62. The fourth-order valence-electron chi connectivity index (χ4n) is 2.40. The molecule has 0 bridgehead atoms. The molecule has 1 aliphatic rings. The lowest BCUT2D eigenvalue weighted by molar-refractivity contribution is 1.04. The minimum Gasteiger partial charge on any atom is -0.118 e. The number of hydrogen-bond acceptors (Lipinski definition) is 1. The zero-order chi connectivity index (χ0) is 15.7. The van der Waals surface area contributed by atoms with E-state index in [1.165, 1.54) is 16.0 Å². The van der Waals surface area contributed by atoms with E-state index < -0.39 is 0 Å². The summed E-state index contributed by atoms with van der Waals surface area (Å²) in [4.78, 5) is 1.33. The fourth-order valence-corrected chi connectivity index (χ4v) is 3.41. The normalized spacial score (nSPS) is 17.7. The van der Waals surface area contributed by atoms with Crippen molar-refractivity contribution in [1.29, 1.82) is 0 Å². The van der Waals surface area contributed by atoms with Crippen LogP contribution in [-0.4, -0.2) is 5.25 Å². The van der Waals surface area contributed by atoms with Crippen LogP contribution in [0.3, 0.4) is 0 Å². The van der Waals surface area contributed by atoms with E-state index in [1.54, 1.807) is 0 Å². The summed E-state index contributed by atoms with van der Waals surface area (Å²) in [5.74, 6) is 0. The number of hydrogen-bond donors (Lipinski definition) is 0. The third-order valence-electron chi connectivity index (χ3n) is 3.61. The molecule has 0 heterocycles. The van der Waals surface area contributed by atoms with Crippen molar-refractivity contribution in [3.63, 3.8) is 0 Å². The molecule has 1 aliphatic carbocycles. The predicted octanol–water partition coefficient (Wildman–Crippen LogP) is 6.30. The Kier molecular flexibility index (Phi) is 5.71. The summed E-state index contributed by atoms with van der Waals surface area (Å²) >= 11 is 1.92. The van der Waals surface area contributed by atoms with Crippen molar-refractivity contribution >= 4 is 17.8 Å². The highest BCUT2D eigenvalue weighted by Gasteiger charge is 2.08. The third kappa shape index (κ3) is 5.15. The molecule has 1 heteroatoms. The Morgan fingerprint density at radius 1 is 0.826 bits per heavy atom. The molecule has 0 spiro atoms. The summed E-state index contributed by atoms with van der Waals surface area (Å²) in [7, 11) is 0. The van der Waals surface area contributed by atoms with Crippen LogP contribution in [0.25, 0.3) is 6.08 Å². The molecule has 0 fully saturated rings. The number of rotatable bonds is 5. The van der Waals surface area contributed by atoms with Gasteiger partial charge in [0.2, 0.25) is 0 Å². The Balaban J connectivity index is 1.50. The van der Waals surface area contributed by atoms with Crippen molar-refractivity contribution in [3.8, 4) is 0 Å². The van der Waals surface area contributed by atoms with Crippen LogP contribution in [0.1, 0.15) is 12.0 Å². The van der Waals surface area contributed by atoms with Crippen LogP contribution in [0, 0.1) is 0 Å². The molecule has 2 aromatic carbocycles. The van der Waals surface area contributed by atoms with Crippen molar-refractivity contribution in [2.24, 2.45) is 0 Å². The molecule has 0 aromatic heterocycles. The first-order chi connectivity index (χ1) is 11.4. The second-order valence-electron chi connectivity index (χ2n) is 5.40. The van der Waals surface area contributed by atoms with Gasteiger partial charge in [-0.1, -0.05) is 91.1 Å². The first-order valence-electron chi connectivity index (χ1n) is 7.90. The zero-order valence-corrected chi connectivity index (χ0v) is 13.8. The zero-order valence-electron chi connectivity index (χ0n) is 13.0. The second kappa shape index (κ2) is 8.40. The maximum Gasteiger partial charge on any atom is 0.0312 e. The lowest BCUT2D eigenvalue weighted by Crippen LogP contribution is -2.00. The van der Waals surface area contributed by atoms with Crippen LogP contribution >= 0.6 is 11.8 Å². The molecule has 0 saturated heterocycles. The van der Waals surface area contributed by atoms with Gasteiger partial charge in [-0.15, -0.1) is 11.8 Å². The second-order valence-corrected chi connectivity index (χ2v) is 6.71. The van der Waals surface area contributed by atoms with Crippen LogP contribution < -0.4 is 0 Å². The molecule has 1 atom stereocenters. The smallest absolute Gasteiger partial charge is 0.0312 e. The molecule has 0 N–H and O–H groups in total. The van der Waals surface area contributed by atoms with Gasteiger partial charge in [-0.05, 0) is 29.7 Å². The summed E-state index contributed by atoms with van der Waals surface area (Å²) in [6.45, 7) is 0. The summed E-state index contributed by atoms with van der Waals surface area (Å²) in [6.07, 6.45) is 16.4. The minimum absolute atomic E-state index is 0.536. The van der Waals surface area contributed by atoms with E-state index in [2.05, 4.69) is 97.1 Å². The van der Waals surface area contributed by atoms with Crippen LogP contribution in [0.5, 0.6) is 0 Å². The first-order valence-corrected chi connectivity index (χ1v) is 8.78. The van der Waals surface area contributed by atoms with E-state index in [4.69, 9.17) is 0 Å². The van der Waals surface area contributed by atoms with Crippen molar-refractivity contribution in [2.75, 3.05) is 0 Å². The quantitative estimate of drug-likeness (QED) is 0.583. The van der Waals surface area contributed by atoms with Crippen LogP contribution in [-0.2, 0) is 0 Å². The predicted molar refractivity (Wildman–Crippen MR) is 103 cm³/mol. The van der Waals surface area contributed by atoms with Gasteiger partial charge in [0.05, 0.1) is 0 Å². The first kappa shape index (κ1) is 15.6. The molecule has 3 rings (SSSR count). The lowest BCUT2D eigenvalue weighted by atomic mass is 10.1. The minimum atomic E-state index is 0.536. The SMILES string of the molecule is C1=CC(Sc2ccccc2)CC=C1/C=C/C=C/c1ccccc1. The van der Waals surface area contributed by atoms with Gasteiger partial charge < -0.3 is 0 Å². The van der Waals surface area contributed by atoms with E-state index in [0.717, 1.165) is 6.42 Å². The number of benzene rings is 2. The molecular weight excluding hydrogens is 296 g/mol. The lowest BCUT2D eigenvalue weighted by Gasteiger charge is -2.14. The largest absolute Gasteiger partial charge is 0.118 e. The van der Waals surface area contributed by atoms with Gasteiger partial charge >= 0.3 is 0 Å². The van der Waals surface area contributed by atoms with Gasteiger partial charge in [-0.2, -0.15) is 0 Å². The topological polar surface area (TPSA) is 0 Å². The summed E-state index contributed by atoms with van der Waals surface area (Å²) in [6, 6.07) is 21.0. The number of allylic oxidation sites excluding steroid dienone is 6. The molecule has 0 amide bonds. The molecule has 0 radical (unpaired) electrons. The monoisotopic (exact) mass is 316 g/mol. The van der Waals surface area contributed by atoms with Crippen molar-refractivity contribution in [3.05, 3.63) is 108 Å². The van der Waals surface area contributed by atoms with Gasteiger partial charge in [0.15, 0.2) is 0 Å². The third-order valence-corrected chi connectivity index (χ3v) is 4.80. The molecule has 114 valence electrons. The summed E-state index contributed by atoms with van der Waals surface area (Å²) < 4.78 is 0. The standard InChI is InChI=1S/C22H20S/c1-3-9-19(10-4-1)11-7-8-12-20-15-17-22(18-16-20)23-21-13-5-2-6-14-21/h1-17,22H,18H2/b11-7+,12-8+. The Morgan fingerprint density at radius 2 is 1.52 bits per heavy atom. The van der Waals surface area contributed by atoms with Crippen LogP contribution in [0.2, 0.25) is 0 Å². The maximum atomic E-state index is 2.31. The summed E-state index contributed by atoms with van der Waals surface area (Å²) in [5, 5.41) is 0.536. The van der Waals surface area contributed by atoms with Crippen LogP contribution in [0.15, 0.2) is 108 Å². The summed E-state index contributed by atoms with van der Waals surface area (Å²) in [5.41, 5.74) is 2.51. The van der Waals surface area contributed by atoms with Gasteiger partial charge in [0, 0.05) is 10.1 Å². The molecule has 0 aliphatic heterocycles. The highest BCUT2D eigenvalue weighted by Crippen LogP contribution is 2.29.